The lowest BCUT2D eigenvalue weighted by Gasteiger charge is -2.09. The van der Waals surface area contributed by atoms with Crippen LogP contribution in [0.25, 0.3) is 0 Å². The molecule has 0 radical (unpaired) electrons. The number of H-pyrrole nitrogens is 1. The largest absolute Gasteiger partial charge is 0.313 e. The molecule has 3 N–H and O–H groups in total. The normalized spacial score (nSPS) is 11.7. The number of nitrogens with zero attached hydrogens (tertiary/aromatic N) is 2. The first-order valence-corrected chi connectivity index (χ1v) is 8.22. The molecule has 0 saturated carbocycles. The molecule has 0 aliphatic heterocycles. The van der Waals surface area contributed by atoms with Crippen molar-refractivity contribution in [3.63, 3.8) is 0 Å². The number of aromatic amines is 1. The summed E-state index contributed by atoms with van der Waals surface area (Å²) >= 11 is 6.11. The van der Waals surface area contributed by atoms with E-state index in [9.17, 15) is 8.42 Å². The standard InChI is InChI=1S/C12H16ClN5O2S/c1-2-14-6-9-3-4-10(5-11(9)13)21(19,20)17-7-12-15-8-16-18-12/h3-5,8,14,17H,2,6-7H2,1H3,(H,15,16,18). The van der Waals surface area contributed by atoms with Crippen LogP contribution in [0.2, 0.25) is 5.02 Å². The fraction of sp³-hybridized carbons (Fsp3) is 0.333. The highest BCUT2D eigenvalue weighted by molar-refractivity contribution is 7.89. The molecule has 2 aromatic rings. The van der Waals surface area contributed by atoms with Gasteiger partial charge in [-0.25, -0.2) is 18.1 Å². The van der Waals surface area contributed by atoms with Crippen molar-refractivity contribution >= 4 is 21.6 Å². The molecule has 0 amide bonds. The maximum Gasteiger partial charge on any atom is 0.241 e. The lowest BCUT2D eigenvalue weighted by atomic mass is 10.2. The van der Waals surface area contributed by atoms with Gasteiger partial charge in [-0.2, -0.15) is 5.10 Å². The van der Waals surface area contributed by atoms with Gasteiger partial charge in [0.25, 0.3) is 0 Å². The fourth-order valence-corrected chi connectivity index (χ4v) is 2.99. The van der Waals surface area contributed by atoms with Crippen molar-refractivity contribution in [2.45, 2.75) is 24.9 Å². The number of nitrogens with one attached hydrogen (secondary N) is 3. The van der Waals surface area contributed by atoms with Crippen LogP contribution >= 0.6 is 11.6 Å². The molecule has 1 aromatic heterocycles. The molecule has 0 fully saturated rings. The van der Waals surface area contributed by atoms with Crippen LogP contribution in [0.15, 0.2) is 29.4 Å². The van der Waals surface area contributed by atoms with Gasteiger partial charge in [0.05, 0.1) is 11.4 Å². The van der Waals surface area contributed by atoms with Gasteiger partial charge in [-0.05, 0) is 24.2 Å². The van der Waals surface area contributed by atoms with Crippen LogP contribution < -0.4 is 10.0 Å². The number of benzene rings is 1. The van der Waals surface area contributed by atoms with Gasteiger partial charge in [-0.3, -0.25) is 5.10 Å². The Hall–Kier alpha value is -1.48. The number of rotatable bonds is 7. The third kappa shape index (κ3) is 4.24. The average Bonchev–Trinajstić information content (AvgIpc) is 2.97. The Balaban J connectivity index is 2.10. The molecule has 0 spiro atoms. The van der Waals surface area contributed by atoms with E-state index in [0.29, 0.717) is 17.4 Å². The minimum atomic E-state index is -3.64. The van der Waals surface area contributed by atoms with E-state index in [2.05, 4.69) is 25.2 Å². The van der Waals surface area contributed by atoms with E-state index in [1.165, 1.54) is 18.5 Å². The Morgan fingerprint density at radius 1 is 1.33 bits per heavy atom. The maximum atomic E-state index is 12.2. The van der Waals surface area contributed by atoms with Gasteiger partial charge in [0.15, 0.2) is 0 Å². The lowest BCUT2D eigenvalue weighted by molar-refractivity contribution is 0.579. The summed E-state index contributed by atoms with van der Waals surface area (Å²) in [5.74, 6) is 0.438. The molecule has 0 unspecified atom stereocenters. The van der Waals surface area contributed by atoms with Crippen LogP contribution in [0.4, 0.5) is 0 Å². The number of hydrogen-bond acceptors (Lipinski definition) is 5. The summed E-state index contributed by atoms with van der Waals surface area (Å²) in [5, 5.41) is 9.79. The van der Waals surface area contributed by atoms with Gasteiger partial charge < -0.3 is 5.32 Å². The molecule has 9 heteroatoms. The number of hydrogen-bond donors (Lipinski definition) is 3. The molecule has 1 heterocycles. The zero-order chi connectivity index (χ0) is 15.3. The maximum absolute atomic E-state index is 12.2. The van der Waals surface area contributed by atoms with Crippen molar-refractivity contribution in [2.75, 3.05) is 6.54 Å². The summed E-state index contributed by atoms with van der Waals surface area (Å²) < 4.78 is 26.7. The highest BCUT2D eigenvalue weighted by Crippen LogP contribution is 2.20. The van der Waals surface area contributed by atoms with Gasteiger partial charge in [0.2, 0.25) is 10.0 Å². The molecule has 7 nitrogen and oxygen atoms in total. The Morgan fingerprint density at radius 3 is 2.76 bits per heavy atom. The number of aromatic nitrogens is 3. The fourth-order valence-electron chi connectivity index (χ4n) is 1.66. The minimum Gasteiger partial charge on any atom is -0.313 e. The monoisotopic (exact) mass is 329 g/mol. The predicted molar refractivity (Wildman–Crippen MR) is 79.2 cm³/mol. The van der Waals surface area contributed by atoms with Gasteiger partial charge in [-0.1, -0.05) is 24.6 Å². The highest BCUT2D eigenvalue weighted by atomic mass is 35.5. The van der Waals surface area contributed by atoms with Gasteiger partial charge >= 0.3 is 0 Å². The van der Waals surface area contributed by atoms with Crippen molar-refractivity contribution in [2.24, 2.45) is 0 Å². The second kappa shape index (κ2) is 6.99. The van der Waals surface area contributed by atoms with Crippen LogP contribution in [-0.2, 0) is 23.1 Å². The first-order valence-electron chi connectivity index (χ1n) is 6.36. The second-order valence-corrected chi connectivity index (χ2v) is 6.46. The SMILES string of the molecule is CCNCc1ccc(S(=O)(=O)NCc2ncn[nH]2)cc1Cl. The third-order valence-corrected chi connectivity index (χ3v) is 4.55. The van der Waals surface area contributed by atoms with E-state index in [-0.39, 0.29) is 11.4 Å². The zero-order valence-corrected chi connectivity index (χ0v) is 13.0. The predicted octanol–water partition coefficient (Wildman–Crippen LogP) is 1.05. The number of halogens is 1. The molecule has 114 valence electrons. The Labute approximate surface area is 128 Å². The van der Waals surface area contributed by atoms with Crippen LogP contribution in [0.3, 0.4) is 0 Å². The molecular formula is C12H16ClN5O2S. The van der Waals surface area contributed by atoms with Gasteiger partial charge in [0.1, 0.15) is 12.2 Å². The van der Waals surface area contributed by atoms with E-state index in [1.54, 1.807) is 6.07 Å². The summed E-state index contributed by atoms with van der Waals surface area (Å²) in [6.07, 6.45) is 1.32. The highest BCUT2D eigenvalue weighted by Gasteiger charge is 2.16. The van der Waals surface area contributed by atoms with Crippen molar-refractivity contribution < 1.29 is 8.42 Å². The van der Waals surface area contributed by atoms with Crippen LogP contribution in [-0.4, -0.2) is 30.1 Å². The van der Waals surface area contributed by atoms with E-state index in [4.69, 9.17) is 11.6 Å². The summed E-state index contributed by atoms with van der Waals surface area (Å²) in [4.78, 5) is 3.97. The van der Waals surface area contributed by atoms with E-state index in [0.717, 1.165) is 12.1 Å². The molecule has 1 aromatic carbocycles. The third-order valence-electron chi connectivity index (χ3n) is 2.79. The molecule has 0 saturated heterocycles. The van der Waals surface area contributed by atoms with Gasteiger partial charge in [-0.15, -0.1) is 0 Å². The molecule has 2 rings (SSSR count). The van der Waals surface area contributed by atoms with Crippen molar-refractivity contribution in [3.05, 3.63) is 40.9 Å². The summed E-state index contributed by atoms with van der Waals surface area (Å²) in [6.45, 7) is 3.44. The topological polar surface area (TPSA) is 99.8 Å². The molecule has 0 bridgehead atoms. The summed E-state index contributed by atoms with van der Waals surface area (Å²) in [5.41, 5.74) is 0.854. The van der Waals surface area contributed by atoms with Gasteiger partial charge in [0, 0.05) is 11.6 Å². The molecule has 21 heavy (non-hydrogen) atoms. The van der Waals surface area contributed by atoms with Crippen molar-refractivity contribution in [1.82, 2.24) is 25.2 Å². The smallest absolute Gasteiger partial charge is 0.241 e. The summed E-state index contributed by atoms with van der Waals surface area (Å²) in [7, 11) is -3.64. The second-order valence-electron chi connectivity index (χ2n) is 4.29. The molecule has 0 aliphatic rings. The van der Waals surface area contributed by atoms with E-state index in [1.807, 2.05) is 6.92 Å². The number of sulfonamides is 1. The van der Waals surface area contributed by atoms with Crippen LogP contribution in [0.1, 0.15) is 18.3 Å². The molecular weight excluding hydrogens is 314 g/mol. The van der Waals surface area contributed by atoms with Crippen LogP contribution in [0, 0.1) is 0 Å². The molecule has 0 aliphatic carbocycles. The first-order chi connectivity index (χ1) is 10.0. The zero-order valence-electron chi connectivity index (χ0n) is 11.4. The summed E-state index contributed by atoms with van der Waals surface area (Å²) in [6, 6.07) is 4.67. The average molecular weight is 330 g/mol. The first kappa shape index (κ1) is 15.9. The Bertz CT molecular complexity index is 688. The van der Waals surface area contributed by atoms with Crippen molar-refractivity contribution in [3.8, 4) is 0 Å². The quantitative estimate of drug-likeness (QED) is 0.705. The molecule has 0 atom stereocenters. The minimum absolute atomic E-state index is 0.0408. The van der Waals surface area contributed by atoms with E-state index < -0.39 is 10.0 Å². The lowest BCUT2D eigenvalue weighted by Crippen LogP contribution is -2.24. The van der Waals surface area contributed by atoms with E-state index >= 15 is 0 Å². The van der Waals surface area contributed by atoms with Crippen molar-refractivity contribution in [1.29, 1.82) is 0 Å². The van der Waals surface area contributed by atoms with Crippen LogP contribution in [0.5, 0.6) is 0 Å². The Kier molecular flexibility index (Phi) is 5.29. The Morgan fingerprint density at radius 2 is 2.14 bits per heavy atom.